The number of allylic oxidation sites excluding steroid dienone is 4. The quantitative estimate of drug-likeness (QED) is 0.419. The first-order valence-corrected chi connectivity index (χ1v) is 18.0. The normalized spacial score (nSPS) is 16.8. The van der Waals surface area contributed by atoms with Crippen molar-refractivity contribution >= 4 is 6.48 Å². The minimum absolute atomic E-state index is 0. The first-order valence-electron chi connectivity index (χ1n) is 14.3. The summed E-state index contributed by atoms with van der Waals surface area (Å²) in [6.45, 7) is 19.2. The average Bonchev–Trinajstić information content (AvgIpc) is 3.43. The Hall–Kier alpha value is -0.747. The van der Waals surface area contributed by atoms with Gasteiger partial charge in [0.25, 0.3) is 0 Å². The SMILES string of the molecule is C[C](C)=[Zr+2]([C]1=CC(C2CCCCC2)=CC1)[c]1c(C(C)(C)C)ccc2c1Cc1cc(C(C)(C)C)ccc1-2.[Cl-].[Cl-]. The van der Waals surface area contributed by atoms with Crippen LogP contribution in [0.15, 0.2) is 51.3 Å². The number of hydrogen-bond acceptors (Lipinski definition) is 0. The molecule has 0 N–H and O–H groups in total. The maximum absolute atomic E-state index is 2.71. The van der Waals surface area contributed by atoms with Crippen molar-refractivity contribution in [1.29, 1.82) is 0 Å². The molecule has 0 radical (unpaired) electrons. The van der Waals surface area contributed by atoms with E-state index in [2.05, 4.69) is 97.9 Å². The fraction of sp³-hybridized carbons (Fsp3) is 0.514. The Balaban J connectivity index is 0.00000200. The Morgan fingerprint density at radius 1 is 0.816 bits per heavy atom. The van der Waals surface area contributed by atoms with Crippen LogP contribution < -0.4 is 28.1 Å². The molecule has 3 heteroatoms. The monoisotopic (exact) mass is 626 g/mol. The van der Waals surface area contributed by atoms with Gasteiger partial charge in [-0.1, -0.05) is 0 Å². The third kappa shape index (κ3) is 6.11. The Labute approximate surface area is 252 Å². The van der Waals surface area contributed by atoms with Crippen LogP contribution in [-0.4, -0.2) is 3.21 Å². The molecule has 3 aliphatic carbocycles. The zero-order chi connectivity index (χ0) is 25.8. The fourth-order valence-corrected chi connectivity index (χ4v) is 15.0. The minimum atomic E-state index is -2.22. The zero-order valence-corrected chi connectivity index (χ0v) is 28.8. The summed E-state index contributed by atoms with van der Waals surface area (Å²) in [6.07, 6.45) is 14.7. The third-order valence-electron chi connectivity index (χ3n) is 8.80. The van der Waals surface area contributed by atoms with Gasteiger partial charge < -0.3 is 24.8 Å². The molecule has 1 fully saturated rings. The molecule has 0 bridgehead atoms. The number of fused-ring (bicyclic) bond motifs is 3. The van der Waals surface area contributed by atoms with Gasteiger partial charge in [0.2, 0.25) is 0 Å². The second kappa shape index (κ2) is 12.0. The van der Waals surface area contributed by atoms with Crippen molar-refractivity contribution in [3.05, 3.63) is 73.6 Å². The molecule has 0 amide bonds. The van der Waals surface area contributed by atoms with Crippen molar-refractivity contribution in [1.82, 2.24) is 0 Å². The van der Waals surface area contributed by atoms with Gasteiger partial charge in [-0.2, -0.15) is 0 Å². The van der Waals surface area contributed by atoms with Crippen molar-refractivity contribution in [2.75, 3.05) is 0 Å². The molecule has 38 heavy (non-hydrogen) atoms. The summed E-state index contributed by atoms with van der Waals surface area (Å²) >= 11 is -2.22. The van der Waals surface area contributed by atoms with Gasteiger partial charge in [0, 0.05) is 0 Å². The molecule has 2 aromatic carbocycles. The summed E-state index contributed by atoms with van der Waals surface area (Å²) in [4.78, 5) is 0. The van der Waals surface area contributed by atoms with Gasteiger partial charge in [0.15, 0.2) is 0 Å². The van der Waals surface area contributed by atoms with E-state index in [0.29, 0.717) is 0 Å². The second-order valence-corrected chi connectivity index (χ2v) is 21.0. The number of halogens is 2. The average molecular weight is 629 g/mol. The van der Waals surface area contributed by atoms with E-state index in [9.17, 15) is 0 Å². The Morgan fingerprint density at radius 3 is 2.08 bits per heavy atom. The second-order valence-electron chi connectivity index (χ2n) is 13.9. The number of benzene rings is 2. The topological polar surface area (TPSA) is 0 Å². The van der Waals surface area contributed by atoms with Gasteiger partial charge >= 0.3 is 230 Å². The largest absolute Gasteiger partial charge is 1.00 e. The van der Waals surface area contributed by atoms with Gasteiger partial charge in [0.1, 0.15) is 0 Å². The van der Waals surface area contributed by atoms with Gasteiger partial charge in [-0.05, 0) is 0 Å². The number of hydrogen-bond donors (Lipinski definition) is 0. The molecule has 0 atom stereocenters. The predicted molar refractivity (Wildman–Crippen MR) is 155 cm³/mol. The number of rotatable bonds is 3. The molecule has 5 rings (SSSR count). The fourth-order valence-electron chi connectivity index (χ4n) is 6.83. The van der Waals surface area contributed by atoms with Crippen LogP contribution >= 0.6 is 0 Å². The van der Waals surface area contributed by atoms with E-state index in [-0.39, 0.29) is 35.6 Å². The Morgan fingerprint density at radius 2 is 1.47 bits per heavy atom. The molecular weight excluding hydrogens is 583 g/mol. The van der Waals surface area contributed by atoms with Crippen LogP contribution in [0.5, 0.6) is 0 Å². The van der Waals surface area contributed by atoms with E-state index < -0.39 is 21.3 Å². The minimum Gasteiger partial charge on any atom is -1.00 e. The molecule has 0 saturated heterocycles. The third-order valence-corrected chi connectivity index (χ3v) is 16.3. The van der Waals surface area contributed by atoms with Crippen LogP contribution in [0.1, 0.15) is 116 Å². The van der Waals surface area contributed by atoms with Crippen molar-refractivity contribution in [2.45, 2.75) is 111 Å². The van der Waals surface area contributed by atoms with Crippen LogP contribution in [0.4, 0.5) is 0 Å². The Kier molecular flexibility index (Phi) is 10.0. The van der Waals surface area contributed by atoms with Crippen LogP contribution in [0.25, 0.3) is 11.1 Å². The zero-order valence-electron chi connectivity index (χ0n) is 24.8. The molecule has 0 spiro atoms. The standard InChI is InChI=1S/C21H25.C11H15.C3H6.2ClH.Zr/c1-20(2,3)16-7-9-18-14(12-16)11-15-13-17(21(4,5)6)8-10-19(15)18;1-2-6-10(7-3-1)11-8-4-5-9-11;1-3-2;;;/h7-10,12H,11H2,1-6H3;8-10H,1-4,6-7H2;1-2H3;2*1H;/q;;;;;+2/p-2. The van der Waals surface area contributed by atoms with E-state index in [1.54, 1.807) is 28.7 Å². The maximum Gasteiger partial charge on any atom is -1.00 e. The summed E-state index contributed by atoms with van der Waals surface area (Å²) in [5.74, 6) is 0.821. The molecule has 3 aliphatic rings. The first kappa shape index (κ1) is 31.8. The molecule has 204 valence electrons. The smallest absolute Gasteiger partial charge is 1.00 e. The summed E-state index contributed by atoms with van der Waals surface area (Å²) in [6, 6.07) is 12.3. The van der Waals surface area contributed by atoms with Gasteiger partial charge in [-0.15, -0.1) is 0 Å². The van der Waals surface area contributed by atoms with E-state index >= 15 is 0 Å². The molecule has 0 nitrogen and oxygen atoms in total. The molecule has 0 aliphatic heterocycles. The van der Waals surface area contributed by atoms with Crippen molar-refractivity contribution in [3.8, 4) is 11.1 Å². The van der Waals surface area contributed by atoms with Crippen molar-refractivity contribution in [2.24, 2.45) is 5.92 Å². The maximum atomic E-state index is 2.71. The first-order chi connectivity index (χ1) is 16.9. The summed E-state index contributed by atoms with van der Waals surface area (Å²) in [5.41, 5.74) is 11.3. The van der Waals surface area contributed by atoms with Gasteiger partial charge in [-0.3, -0.25) is 0 Å². The van der Waals surface area contributed by atoms with E-state index in [0.717, 1.165) is 12.3 Å². The predicted octanol–water partition coefficient (Wildman–Crippen LogP) is 3.11. The molecule has 2 aromatic rings. The van der Waals surface area contributed by atoms with Crippen LogP contribution in [0.2, 0.25) is 0 Å². The van der Waals surface area contributed by atoms with E-state index in [4.69, 9.17) is 0 Å². The van der Waals surface area contributed by atoms with Gasteiger partial charge in [0.05, 0.1) is 0 Å². The molecule has 0 heterocycles. The summed E-state index contributed by atoms with van der Waals surface area (Å²) in [5, 5.41) is 0. The van der Waals surface area contributed by atoms with Crippen LogP contribution in [0.3, 0.4) is 0 Å². The molecule has 1 saturated carbocycles. The molecule has 0 unspecified atom stereocenters. The summed E-state index contributed by atoms with van der Waals surface area (Å²) < 4.78 is 5.36. The molecular formula is C35H46Cl2Zr. The van der Waals surface area contributed by atoms with Gasteiger partial charge in [-0.25, -0.2) is 0 Å². The van der Waals surface area contributed by atoms with Crippen molar-refractivity contribution < 1.29 is 46.1 Å². The van der Waals surface area contributed by atoms with E-state index in [1.807, 2.05) is 3.28 Å². The van der Waals surface area contributed by atoms with Crippen LogP contribution in [-0.2, 0) is 38.5 Å². The Bertz CT molecular complexity index is 1280. The van der Waals surface area contributed by atoms with E-state index in [1.165, 1.54) is 55.2 Å². The summed E-state index contributed by atoms with van der Waals surface area (Å²) in [7, 11) is 0. The van der Waals surface area contributed by atoms with Crippen LogP contribution in [0, 0.1) is 5.92 Å². The molecule has 0 aromatic heterocycles. The van der Waals surface area contributed by atoms with Crippen molar-refractivity contribution in [3.63, 3.8) is 0 Å².